The van der Waals surface area contributed by atoms with Crippen LogP contribution in [0.2, 0.25) is 0 Å². The van der Waals surface area contributed by atoms with Crippen molar-refractivity contribution in [2.75, 3.05) is 32.8 Å². The van der Waals surface area contributed by atoms with Gasteiger partial charge in [0, 0.05) is 23.4 Å². The number of methoxy groups -OCH3 is 2. The molecular formula is C24H32N2O6. The largest absolute Gasteiger partial charge is 0.497 e. The van der Waals surface area contributed by atoms with Gasteiger partial charge in [-0.15, -0.1) is 0 Å². The van der Waals surface area contributed by atoms with Crippen molar-refractivity contribution in [3.8, 4) is 23.0 Å². The van der Waals surface area contributed by atoms with Crippen LogP contribution in [0.4, 0.5) is 5.69 Å². The molecule has 2 aromatic carbocycles. The molecule has 0 aliphatic rings. The molecule has 32 heavy (non-hydrogen) atoms. The van der Waals surface area contributed by atoms with E-state index < -0.39 is 11.9 Å². The van der Waals surface area contributed by atoms with E-state index in [4.69, 9.17) is 18.9 Å². The Morgan fingerprint density at radius 2 is 1.47 bits per heavy atom. The monoisotopic (exact) mass is 444 g/mol. The smallest absolute Gasteiger partial charge is 0.252 e. The Morgan fingerprint density at radius 3 is 2.00 bits per heavy atom. The fourth-order valence-corrected chi connectivity index (χ4v) is 3.05. The molecule has 0 radical (unpaired) electrons. The molecule has 0 saturated heterocycles. The zero-order valence-corrected chi connectivity index (χ0v) is 19.5. The van der Waals surface area contributed by atoms with Gasteiger partial charge < -0.3 is 29.6 Å². The van der Waals surface area contributed by atoms with Gasteiger partial charge in [-0.05, 0) is 44.0 Å². The van der Waals surface area contributed by atoms with Crippen LogP contribution in [-0.4, -0.2) is 45.3 Å². The topological polar surface area (TPSA) is 95.1 Å². The van der Waals surface area contributed by atoms with Crippen LogP contribution in [0.1, 0.15) is 38.1 Å². The van der Waals surface area contributed by atoms with Crippen LogP contribution in [0.15, 0.2) is 36.4 Å². The summed E-state index contributed by atoms with van der Waals surface area (Å²) in [4.78, 5) is 25.9. The lowest BCUT2D eigenvalue weighted by atomic mass is 10.0. The number of amides is 2. The molecule has 0 saturated carbocycles. The van der Waals surface area contributed by atoms with Crippen molar-refractivity contribution in [2.24, 2.45) is 5.92 Å². The van der Waals surface area contributed by atoms with E-state index in [0.717, 1.165) is 0 Å². The van der Waals surface area contributed by atoms with E-state index in [9.17, 15) is 9.59 Å². The molecule has 0 fully saturated rings. The summed E-state index contributed by atoms with van der Waals surface area (Å²) < 4.78 is 21.6. The van der Waals surface area contributed by atoms with Gasteiger partial charge in [0.25, 0.3) is 5.91 Å². The third-order valence-electron chi connectivity index (χ3n) is 4.66. The van der Waals surface area contributed by atoms with E-state index in [-0.39, 0.29) is 11.8 Å². The third kappa shape index (κ3) is 6.54. The summed E-state index contributed by atoms with van der Waals surface area (Å²) in [5, 5.41) is 5.66. The van der Waals surface area contributed by atoms with Crippen molar-refractivity contribution in [1.29, 1.82) is 0 Å². The number of anilines is 1. The minimum Gasteiger partial charge on any atom is -0.497 e. The van der Waals surface area contributed by atoms with Gasteiger partial charge in [-0.2, -0.15) is 0 Å². The Morgan fingerprint density at radius 1 is 0.875 bits per heavy atom. The number of rotatable bonds is 11. The molecule has 0 heterocycles. The highest BCUT2D eigenvalue weighted by molar-refractivity contribution is 6.01. The molecule has 2 rings (SSSR count). The third-order valence-corrected chi connectivity index (χ3v) is 4.66. The molecule has 8 heteroatoms. The van der Waals surface area contributed by atoms with E-state index in [1.165, 1.54) is 14.2 Å². The number of nitrogens with one attached hydrogen (secondary N) is 2. The average molecular weight is 445 g/mol. The molecule has 174 valence electrons. The van der Waals surface area contributed by atoms with E-state index in [1.807, 2.05) is 27.7 Å². The number of carbonyl (C=O) groups is 2. The lowest BCUT2D eigenvalue weighted by molar-refractivity contribution is -0.118. The summed E-state index contributed by atoms with van der Waals surface area (Å²) in [6.45, 7) is 8.45. The molecule has 0 spiro atoms. The molecular weight excluding hydrogens is 412 g/mol. The molecule has 2 aromatic rings. The molecule has 2 N–H and O–H groups in total. The average Bonchev–Trinajstić information content (AvgIpc) is 2.78. The first-order chi connectivity index (χ1) is 15.3. The zero-order valence-electron chi connectivity index (χ0n) is 19.5. The van der Waals surface area contributed by atoms with Crippen molar-refractivity contribution < 1.29 is 28.5 Å². The lowest BCUT2D eigenvalue weighted by Gasteiger charge is -2.22. The Bertz CT molecular complexity index is 906. The number of carbonyl (C=O) groups excluding carboxylic acids is 2. The van der Waals surface area contributed by atoms with Gasteiger partial charge in [0.2, 0.25) is 5.91 Å². The first kappa shape index (κ1) is 24.8. The summed E-state index contributed by atoms with van der Waals surface area (Å²) >= 11 is 0. The number of hydrogen-bond donors (Lipinski definition) is 2. The SMILES string of the molecule is CCOc1ccc(NC(=O)C(NC(=O)c2cc(OC)cc(OC)c2)C(C)C)cc1OCC. The maximum atomic E-state index is 13.0. The zero-order chi connectivity index (χ0) is 23.7. The predicted molar refractivity (Wildman–Crippen MR) is 123 cm³/mol. The maximum Gasteiger partial charge on any atom is 0.252 e. The van der Waals surface area contributed by atoms with Crippen LogP contribution in [0.25, 0.3) is 0 Å². The van der Waals surface area contributed by atoms with Crippen LogP contribution in [0, 0.1) is 5.92 Å². The van der Waals surface area contributed by atoms with E-state index in [1.54, 1.807) is 36.4 Å². The Balaban J connectivity index is 2.19. The summed E-state index contributed by atoms with van der Waals surface area (Å²) in [6, 6.07) is 9.28. The van der Waals surface area contributed by atoms with Crippen LogP contribution >= 0.6 is 0 Å². The fourth-order valence-electron chi connectivity index (χ4n) is 3.05. The molecule has 0 bridgehead atoms. The van der Waals surface area contributed by atoms with Crippen LogP contribution in [0.5, 0.6) is 23.0 Å². The molecule has 0 aliphatic carbocycles. The highest BCUT2D eigenvalue weighted by Gasteiger charge is 2.25. The Labute approximate surface area is 189 Å². The standard InChI is InChI=1S/C24H32N2O6/c1-7-31-20-10-9-17(13-21(20)32-8-2)25-24(28)22(15(3)4)26-23(27)16-11-18(29-5)14-19(12-16)30-6/h9-15,22H,7-8H2,1-6H3,(H,25,28)(H,26,27). The highest BCUT2D eigenvalue weighted by Crippen LogP contribution is 2.31. The van der Waals surface area contributed by atoms with Crippen molar-refractivity contribution >= 4 is 17.5 Å². The second-order valence-electron chi connectivity index (χ2n) is 7.31. The summed E-state index contributed by atoms with van der Waals surface area (Å²) in [7, 11) is 3.02. The van der Waals surface area contributed by atoms with Crippen LogP contribution in [-0.2, 0) is 4.79 Å². The van der Waals surface area contributed by atoms with Gasteiger partial charge in [0.1, 0.15) is 17.5 Å². The van der Waals surface area contributed by atoms with Gasteiger partial charge >= 0.3 is 0 Å². The van der Waals surface area contributed by atoms with Gasteiger partial charge in [-0.25, -0.2) is 0 Å². The molecule has 2 amide bonds. The minimum absolute atomic E-state index is 0.152. The second kappa shape index (κ2) is 11.8. The fraction of sp³-hybridized carbons (Fsp3) is 0.417. The number of hydrogen-bond acceptors (Lipinski definition) is 6. The van der Waals surface area contributed by atoms with Crippen molar-refractivity contribution in [3.05, 3.63) is 42.0 Å². The first-order valence-corrected chi connectivity index (χ1v) is 10.6. The lowest BCUT2D eigenvalue weighted by Crippen LogP contribution is -2.47. The van der Waals surface area contributed by atoms with Crippen molar-refractivity contribution in [1.82, 2.24) is 5.32 Å². The second-order valence-corrected chi connectivity index (χ2v) is 7.31. The molecule has 0 aliphatic heterocycles. The Kier molecular flexibility index (Phi) is 9.19. The van der Waals surface area contributed by atoms with Crippen molar-refractivity contribution in [2.45, 2.75) is 33.7 Å². The highest BCUT2D eigenvalue weighted by atomic mass is 16.5. The number of ether oxygens (including phenoxy) is 4. The van der Waals surface area contributed by atoms with E-state index >= 15 is 0 Å². The van der Waals surface area contributed by atoms with Gasteiger partial charge in [-0.3, -0.25) is 9.59 Å². The summed E-state index contributed by atoms with van der Waals surface area (Å²) in [5.74, 6) is 1.22. The molecule has 1 unspecified atom stereocenters. The van der Waals surface area contributed by atoms with Gasteiger partial charge in [0.05, 0.1) is 27.4 Å². The quantitative estimate of drug-likeness (QED) is 0.546. The predicted octanol–water partition coefficient (Wildman–Crippen LogP) is 3.89. The maximum absolute atomic E-state index is 13.0. The summed E-state index contributed by atoms with van der Waals surface area (Å²) in [6.07, 6.45) is 0. The molecule has 1 atom stereocenters. The van der Waals surface area contributed by atoms with Gasteiger partial charge in [0.15, 0.2) is 11.5 Å². The first-order valence-electron chi connectivity index (χ1n) is 10.6. The van der Waals surface area contributed by atoms with Crippen LogP contribution < -0.4 is 29.6 Å². The van der Waals surface area contributed by atoms with Gasteiger partial charge in [-0.1, -0.05) is 13.8 Å². The minimum atomic E-state index is -0.762. The van der Waals surface area contributed by atoms with E-state index in [2.05, 4.69) is 10.6 Å². The number of benzene rings is 2. The van der Waals surface area contributed by atoms with Crippen molar-refractivity contribution in [3.63, 3.8) is 0 Å². The molecule has 8 nitrogen and oxygen atoms in total. The molecule has 0 aromatic heterocycles. The van der Waals surface area contributed by atoms with Crippen LogP contribution in [0.3, 0.4) is 0 Å². The van der Waals surface area contributed by atoms with E-state index in [0.29, 0.717) is 47.5 Å². The summed E-state index contributed by atoms with van der Waals surface area (Å²) in [5.41, 5.74) is 0.879. The Hall–Kier alpha value is -3.42. The normalized spacial score (nSPS) is 11.5.